The summed E-state index contributed by atoms with van der Waals surface area (Å²) in [5, 5.41) is 3.18. The summed E-state index contributed by atoms with van der Waals surface area (Å²) >= 11 is 0. The van der Waals surface area contributed by atoms with Crippen LogP contribution < -0.4 is 19.5 Å². The van der Waals surface area contributed by atoms with E-state index in [0.29, 0.717) is 54.9 Å². The van der Waals surface area contributed by atoms with Crippen LogP contribution in [0.5, 0.6) is 17.2 Å². The van der Waals surface area contributed by atoms with E-state index in [2.05, 4.69) is 10.3 Å². The van der Waals surface area contributed by atoms with Gasteiger partial charge in [0.25, 0.3) is 5.91 Å². The smallest absolute Gasteiger partial charge is 0.255 e. The molecule has 0 unspecified atom stereocenters. The van der Waals surface area contributed by atoms with Crippen molar-refractivity contribution in [3.63, 3.8) is 0 Å². The molecule has 0 aliphatic carbocycles. The van der Waals surface area contributed by atoms with Gasteiger partial charge in [0.15, 0.2) is 11.5 Å². The Labute approximate surface area is 158 Å². The molecule has 0 saturated carbocycles. The van der Waals surface area contributed by atoms with Crippen molar-refractivity contribution in [1.29, 1.82) is 0 Å². The molecule has 0 atom stereocenters. The summed E-state index contributed by atoms with van der Waals surface area (Å²) in [6.45, 7) is 2.34. The predicted molar refractivity (Wildman–Crippen MR) is 100 cm³/mol. The predicted octanol–water partition coefficient (Wildman–Crippen LogP) is 2.32. The third-order valence-electron chi connectivity index (χ3n) is 4.25. The number of nitrogens with zero attached hydrogens (tertiary/aromatic N) is 2. The monoisotopic (exact) mass is 373 g/mol. The average molecular weight is 373 g/mol. The summed E-state index contributed by atoms with van der Waals surface area (Å²) in [4.78, 5) is 18.6. The molecule has 2 heterocycles. The normalized spacial score (nSPS) is 13.8. The molecule has 3 rings (SSSR count). The van der Waals surface area contributed by atoms with Crippen molar-refractivity contribution in [2.24, 2.45) is 0 Å². The molecule has 1 amide bonds. The molecule has 8 heteroatoms. The SMILES string of the molecule is COc1cc(Nc2ccc(C(=O)N3CCOCC3)cn2)cc(OC)c1OC. The summed E-state index contributed by atoms with van der Waals surface area (Å²) in [5.74, 6) is 2.16. The van der Waals surface area contributed by atoms with Gasteiger partial charge in [-0.15, -0.1) is 0 Å². The number of ether oxygens (including phenoxy) is 4. The van der Waals surface area contributed by atoms with Crippen LogP contribution in [0.1, 0.15) is 10.4 Å². The average Bonchev–Trinajstić information content (AvgIpc) is 2.73. The van der Waals surface area contributed by atoms with Crippen LogP contribution in [0.2, 0.25) is 0 Å². The topological polar surface area (TPSA) is 82.2 Å². The van der Waals surface area contributed by atoms with Crippen molar-refractivity contribution in [2.45, 2.75) is 0 Å². The lowest BCUT2D eigenvalue weighted by atomic mass is 10.2. The lowest BCUT2D eigenvalue weighted by Gasteiger charge is -2.26. The summed E-state index contributed by atoms with van der Waals surface area (Å²) in [6, 6.07) is 7.09. The molecule has 1 aromatic heterocycles. The molecule has 1 aliphatic heterocycles. The molecule has 0 bridgehead atoms. The maximum Gasteiger partial charge on any atom is 0.255 e. The molecule has 8 nitrogen and oxygen atoms in total. The second kappa shape index (κ2) is 8.59. The molecule has 1 aliphatic rings. The van der Waals surface area contributed by atoms with E-state index in [9.17, 15) is 4.79 Å². The zero-order valence-electron chi connectivity index (χ0n) is 15.7. The number of aromatic nitrogens is 1. The Morgan fingerprint density at radius 2 is 1.74 bits per heavy atom. The van der Waals surface area contributed by atoms with Crippen LogP contribution >= 0.6 is 0 Å². The standard InChI is InChI=1S/C19H23N3O5/c1-24-15-10-14(11-16(25-2)18(15)26-3)21-17-5-4-13(12-20-17)19(23)22-6-8-27-9-7-22/h4-5,10-12H,6-9H2,1-3H3,(H,20,21). The van der Waals surface area contributed by atoms with Gasteiger partial charge in [-0.05, 0) is 12.1 Å². The van der Waals surface area contributed by atoms with Gasteiger partial charge in [0.2, 0.25) is 5.75 Å². The molecule has 1 fully saturated rings. The quantitative estimate of drug-likeness (QED) is 0.832. The highest BCUT2D eigenvalue weighted by Crippen LogP contribution is 2.40. The van der Waals surface area contributed by atoms with E-state index in [4.69, 9.17) is 18.9 Å². The fourth-order valence-electron chi connectivity index (χ4n) is 2.84. The number of amides is 1. The van der Waals surface area contributed by atoms with E-state index in [1.807, 2.05) is 0 Å². The van der Waals surface area contributed by atoms with Crippen LogP contribution in [-0.2, 0) is 4.74 Å². The first-order valence-electron chi connectivity index (χ1n) is 8.56. The highest BCUT2D eigenvalue weighted by atomic mass is 16.5. The highest BCUT2D eigenvalue weighted by molar-refractivity contribution is 5.94. The second-order valence-electron chi connectivity index (χ2n) is 5.88. The molecule has 1 saturated heterocycles. The zero-order valence-corrected chi connectivity index (χ0v) is 15.7. The number of hydrogen-bond acceptors (Lipinski definition) is 7. The lowest BCUT2D eigenvalue weighted by Crippen LogP contribution is -2.40. The molecule has 0 radical (unpaired) electrons. The van der Waals surface area contributed by atoms with Gasteiger partial charge in [-0.2, -0.15) is 0 Å². The minimum Gasteiger partial charge on any atom is -0.493 e. The van der Waals surface area contributed by atoms with Crippen molar-refractivity contribution in [3.05, 3.63) is 36.0 Å². The van der Waals surface area contributed by atoms with Gasteiger partial charge in [0.05, 0.1) is 40.1 Å². The Balaban J connectivity index is 1.75. The Kier molecular flexibility index (Phi) is 5.97. The summed E-state index contributed by atoms with van der Waals surface area (Å²) in [5.41, 5.74) is 1.27. The van der Waals surface area contributed by atoms with E-state index in [0.717, 1.165) is 5.69 Å². The van der Waals surface area contributed by atoms with Crippen molar-refractivity contribution < 1.29 is 23.7 Å². The summed E-state index contributed by atoms with van der Waals surface area (Å²) < 4.78 is 21.3. The van der Waals surface area contributed by atoms with Crippen LogP contribution in [0.3, 0.4) is 0 Å². The van der Waals surface area contributed by atoms with Gasteiger partial charge in [0, 0.05) is 37.1 Å². The number of anilines is 2. The number of rotatable bonds is 6. The molecule has 1 aromatic carbocycles. The Bertz CT molecular complexity index is 763. The van der Waals surface area contributed by atoms with Crippen LogP contribution in [0.15, 0.2) is 30.5 Å². The van der Waals surface area contributed by atoms with Crippen molar-refractivity contribution in [1.82, 2.24) is 9.88 Å². The van der Waals surface area contributed by atoms with Gasteiger partial charge >= 0.3 is 0 Å². The number of benzene rings is 1. The van der Waals surface area contributed by atoms with E-state index in [-0.39, 0.29) is 5.91 Å². The van der Waals surface area contributed by atoms with Gasteiger partial charge in [-0.1, -0.05) is 0 Å². The minimum absolute atomic E-state index is 0.0369. The van der Waals surface area contributed by atoms with E-state index < -0.39 is 0 Å². The molecule has 27 heavy (non-hydrogen) atoms. The molecular weight excluding hydrogens is 350 g/mol. The Hall–Kier alpha value is -3.00. The number of carbonyl (C=O) groups is 1. The summed E-state index contributed by atoms with van der Waals surface area (Å²) in [6.07, 6.45) is 1.57. The van der Waals surface area contributed by atoms with Gasteiger partial charge in [-0.3, -0.25) is 4.79 Å². The fourth-order valence-corrected chi connectivity index (χ4v) is 2.84. The van der Waals surface area contributed by atoms with Crippen molar-refractivity contribution in [2.75, 3.05) is 52.9 Å². The minimum atomic E-state index is -0.0369. The van der Waals surface area contributed by atoms with Crippen LogP contribution in [0.25, 0.3) is 0 Å². The summed E-state index contributed by atoms with van der Waals surface area (Å²) in [7, 11) is 4.68. The third-order valence-corrected chi connectivity index (χ3v) is 4.25. The van der Waals surface area contributed by atoms with E-state index >= 15 is 0 Å². The van der Waals surface area contributed by atoms with Gasteiger partial charge in [-0.25, -0.2) is 4.98 Å². The third kappa shape index (κ3) is 4.22. The number of pyridine rings is 1. The van der Waals surface area contributed by atoms with Gasteiger partial charge < -0.3 is 29.2 Å². The van der Waals surface area contributed by atoms with Crippen molar-refractivity contribution in [3.8, 4) is 17.2 Å². The van der Waals surface area contributed by atoms with E-state index in [1.165, 1.54) is 0 Å². The van der Waals surface area contributed by atoms with E-state index in [1.54, 1.807) is 56.7 Å². The number of nitrogens with one attached hydrogen (secondary N) is 1. The molecular formula is C19H23N3O5. The number of morpholine rings is 1. The molecule has 1 N–H and O–H groups in total. The number of carbonyl (C=O) groups excluding carboxylic acids is 1. The lowest BCUT2D eigenvalue weighted by molar-refractivity contribution is 0.0302. The van der Waals surface area contributed by atoms with Crippen LogP contribution in [0.4, 0.5) is 11.5 Å². The fraction of sp³-hybridized carbons (Fsp3) is 0.368. The van der Waals surface area contributed by atoms with Crippen molar-refractivity contribution >= 4 is 17.4 Å². The van der Waals surface area contributed by atoms with Gasteiger partial charge in [0.1, 0.15) is 5.82 Å². The zero-order chi connectivity index (χ0) is 19.2. The second-order valence-corrected chi connectivity index (χ2v) is 5.88. The first-order chi connectivity index (χ1) is 13.2. The molecule has 144 valence electrons. The molecule has 0 spiro atoms. The Morgan fingerprint density at radius 1 is 1.07 bits per heavy atom. The van der Waals surface area contributed by atoms with Crippen LogP contribution in [0, 0.1) is 0 Å². The Morgan fingerprint density at radius 3 is 2.26 bits per heavy atom. The first-order valence-corrected chi connectivity index (χ1v) is 8.56. The highest BCUT2D eigenvalue weighted by Gasteiger charge is 2.19. The maximum atomic E-state index is 12.5. The maximum absolute atomic E-state index is 12.5. The van der Waals surface area contributed by atoms with Crippen LogP contribution in [-0.4, -0.2) is 63.4 Å². The first kappa shape index (κ1) is 18.8. The number of hydrogen-bond donors (Lipinski definition) is 1. The molecule has 2 aromatic rings. The number of methoxy groups -OCH3 is 3. The largest absolute Gasteiger partial charge is 0.493 e.